The van der Waals surface area contributed by atoms with Crippen LogP contribution in [0, 0.1) is 0 Å². The highest BCUT2D eigenvalue weighted by Crippen LogP contribution is 2.29. The van der Waals surface area contributed by atoms with E-state index in [2.05, 4.69) is 16.7 Å². The molecule has 1 heterocycles. The van der Waals surface area contributed by atoms with E-state index in [-0.39, 0.29) is 26.7 Å². The van der Waals surface area contributed by atoms with Crippen LogP contribution < -0.4 is 4.72 Å². The predicted molar refractivity (Wildman–Crippen MR) is 173 cm³/mol. The second-order valence-corrected chi connectivity index (χ2v) is 12.7. The monoisotopic (exact) mass is 648 g/mol. The fourth-order valence-corrected chi connectivity index (χ4v) is 6.58. The maximum absolute atomic E-state index is 13.7. The van der Waals surface area contributed by atoms with E-state index in [9.17, 15) is 18.0 Å². The zero-order chi connectivity index (χ0) is 31.3. The van der Waals surface area contributed by atoms with Gasteiger partial charge in [-0.25, -0.2) is 17.9 Å². The Bertz CT molecular complexity index is 1920. The standard InChI is InChI=1S/C33H30Cl2N4O4S/c1-2-3-10-21-38(33(41)39-29-15-8-5-13-27(29)31(35)36-39)22-23-17-19-24(20-18-23)25-11-6-9-16-30(25)44(42,43)37-32(40)26-12-4-7-14-28(26)34/h4-9,11-20H,2-3,10,21-22H2,1H3,(H,37,40). The van der Waals surface area contributed by atoms with Crippen LogP contribution in [0.15, 0.2) is 102 Å². The molecule has 0 fully saturated rings. The third kappa shape index (κ3) is 6.80. The van der Waals surface area contributed by atoms with Gasteiger partial charge in [-0.1, -0.05) is 110 Å². The quantitative estimate of drug-likeness (QED) is 0.156. The molecule has 0 spiro atoms. The van der Waals surface area contributed by atoms with Crippen LogP contribution in [0.1, 0.15) is 42.1 Å². The van der Waals surface area contributed by atoms with Crippen molar-refractivity contribution in [3.63, 3.8) is 0 Å². The van der Waals surface area contributed by atoms with Gasteiger partial charge >= 0.3 is 6.03 Å². The summed E-state index contributed by atoms with van der Waals surface area (Å²) in [5.74, 6) is -0.820. The molecule has 226 valence electrons. The zero-order valence-electron chi connectivity index (χ0n) is 23.9. The van der Waals surface area contributed by atoms with E-state index in [0.717, 1.165) is 24.8 Å². The van der Waals surface area contributed by atoms with Crippen molar-refractivity contribution in [2.75, 3.05) is 6.54 Å². The number of hydrogen-bond acceptors (Lipinski definition) is 5. The first-order valence-electron chi connectivity index (χ1n) is 14.1. The Morgan fingerprint density at radius 2 is 1.55 bits per heavy atom. The van der Waals surface area contributed by atoms with E-state index in [0.29, 0.717) is 35.1 Å². The number of nitrogens with one attached hydrogen (secondary N) is 1. The van der Waals surface area contributed by atoms with Gasteiger partial charge in [0.25, 0.3) is 15.9 Å². The van der Waals surface area contributed by atoms with Crippen molar-refractivity contribution in [1.29, 1.82) is 0 Å². The number of sulfonamides is 1. The molecule has 5 aromatic rings. The van der Waals surface area contributed by atoms with E-state index < -0.39 is 15.9 Å². The summed E-state index contributed by atoms with van der Waals surface area (Å²) in [6, 6.07) is 27.0. The Kier molecular flexibility index (Phi) is 9.68. The second kappa shape index (κ2) is 13.6. The maximum atomic E-state index is 13.7. The van der Waals surface area contributed by atoms with Crippen LogP contribution in [-0.4, -0.2) is 41.6 Å². The van der Waals surface area contributed by atoms with Gasteiger partial charge in [0.15, 0.2) is 5.15 Å². The number of para-hydroxylation sites is 1. The Labute approximate surface area is 266 Å². The Hall–Kier alpha value is -4.18. The fourth-order valence-electron chi connectivity index (χ4n) is 4.93. The maximum Gasteiger partial charge on any atom is 0.345 e. The molecule has 1 aromatic heterocycles. The highest BCUT2D eigenvalue weighted by molar-refractivity contribution is 7.90. The van der Waals surface area contributed by atoms with Crippen molar-refractivity contribution < 1.29 is 18.0 Å². The smallest absolute Gasteiger partial charge is 0.319 e. The van der Waals surface area contributed by atoms with Crippen molar-refractivity contribution in [3.8, 4) is 11.1 Å². The van der Waals surface area contributed by atoms with Crippen molar-refractivity contribution in [3.05, 3.63) is 118 Å². The molecule has 4 aromatic carbocycles. The number of aromatic nitrogens is 2. The normalized spacial score (nSPS) is 11.4. The van der Waals surface area contributed by atoms with Gasteiger partial charge < -0.3 is 4.90 Å². The SMILES string of the molecule is CCCCCN(Cc1ccc(-c2ccccc2S(=O)(=O)NC(=O)c2ccccc2Cl)cc1)C(=O)n1nc(Cl)c2ccccc21. The molecule has 0 saturated heterocycles. The molecule has 0 aliphatic carbocycles. The minimum atomic E-state index is -4.23. The van der Waals surface area contributed by atoms with E-state index in [1.54, 1.807) is 47.4 Å². The number of unbranched alkanes of at least 4 members (excludes halogenated alkanes) is 2. The van der Waals surface area contributed by atoms with Gasteiger partial charge in [-0.2, -0.15) is 9.78 Å². The number of fused-ring (bicyclic) bond motifs is 1. The average molecular weight is 650 g/mol. The highest BCUT2D eigenvalue weighted by atomic mass is 35.5. The van der Waals surface area contributed by atoms with Gasteiger partial charge in [-0.15, -0.1) is 0 Å². The topological polar surface area (TPSA) is 101 Å². The van der Waals surface area contributed by atoms with E-state index >= 15 is 0 Å². The van der Waals surface area contributed by atoms with Gasteiger partial charge in [0.05, 0.1) is 21.0 Å². The van der Waals surface area contributed by atoms with Crippen LogP contribution >= 0.6 is 23.2 Å². The van der Waals surface area contributed by atoms with Crippen molar-refractivity contribution in [2.45, 2.75) is 37.6 Å². The van der Waals surface area contributed by atoms with Crippen molar-refractivity contribution >= 4 is 56.1 Å². The highest BCUT2D eigenvalue weighted by Gasteiger charge is 2.24. The van der Waals surface area contributed by atoms with Crippen molar-refractivity contribution in [2.24, 2.45) is 0 Å². The molecule has 0 unspecified atom stereocenters. The molecule has 8 nitrogen and oxygen atoms in total. The van der Waals surface area contributed by atoms with Crippen LogP contribution in [0.2, 0.25) is 10.2 Å². The molecule has 0 radical (unpaired) electrons. The molecule has 0 bridgehead atoms. The lowest BCUT2D eigenvalue weighted by atomic mass is 10.0. The molecule has 0 aliphatic rings. The molecule has 0 saturated carbocycles. The third-order valence-corrected chi connectivity index (χ3v) is 9.18. The van der Waals surface area contributed by atoms with Crippen LogP contribution in [-0.2, 0) is 16.6 Å². The lowest BCUT2D eigenvalue weighted by molar-refractivity contribution is 0.0981. The zero-order valence-corrected chi connectivity index (χ0v) is 26.2. The molecule has 1 N–H and O–H groups in total. The van der Waals surface area contributed by atoms with Crippen LogP contribution in [0.5, 0.6) is 0 Å². The molecule has 44 heavy (non-hydrogen) atoms. The number of nitrogens with zero attached hydrogens (tertiary/aromatic N) is 3. The Balaban J connectivity index is 1.39. The van der Waals surface area contributed by atoms with Crippen LogP contribution in [0.4, 0.5) is 4.79 Å². The first kappa shape index (κ1) is 31.3. The first-order chi connectivity index (χ1) is 21.2. The van der Waals surface area contributed by atoms with Gasteiger partial charge in [0.2, 0.25) is 0 Å². The average Bonchev–Trinajstić information content (AvgIpc) is 3.37. The van der Waals surface area contributed by atoms with Crippen LogP contribution in [0.25, 0.3) is 22.0 Å². The largest absolute Gasteiger partial charge is 0.345 e. The summed E-state index contributed by atoms with van der Waals surface area (Å²) in [4.78, 5) is 28.1. The minimum Gasteiger partial charge on any atom is -0.319 e. The van der Waals surface area contributed by atoms with Gasteiger partial charge in [0.1, 0.15) is 0 Å². The summed E-state index contributed by atoms with van der Waals surface area (Å²) in [5, 5.41) is 5.43. The summed E-state index contributed by atoms with van der Waals surface area (Å²) in [7, 11) is -4.23. The molecular formula is C33H30Cl2N4O4S. The fraction of sp³-hybridized carbons (Fsp3) is 0.182. The second-order valence-electron chi connectivity index (χ2n) is 10.2. The van der Waals surface area contributed by atoms with Gasteiger partial charge in [-0.3, -0.25) is 4.79 Å². The molecule has 0 aliphatic heterocycles. The van der Waals surface area contributed by atoms with E-state index in [1.807, 2.05) is 36.4 Å². The van der Waals surface area contributed by atoms with E-state index in [1.165, 1.54) is 22.9 Å². The lowest BCUT2D eigenvalue weighted by Crippen LogP contribution is -2.35. The minimum absolute atomic E-state index is 0.0491. The number of rotatable bonds is 10. The summed E-state index contributed by atoms with van der Waals surface area (Å²) in [6.07, 6.45) is 2.81. The number of amides is 2. The molecule has 5 rings (SSSR count). The predicted octanol–water partition coefficient (Wildman–Crippen LogP) is 7.79. The number of carbonyl (C=O) groups excluding carboxylic acids is 2. The Morgan fingerprint density at radius 1 is 0.864 bits per heavy atom. The summed E-state index contributed by atoms with van der Waals surface area (Å²) >= 11 is 12.4. The number of hydrogen-bond donors (Lipinski definition) is 1. The van der Waals surface area contributed by atoms with Crippen molar-refractivity contribution in [1.82, 2.24) is 19.4 Å². The molecule has 11 heteroatoms. The van der Waals surface area contributed by atoms with Gasteiger partial charge in [0, 0.05) is 24.0 Å². The summed E-state index contributed by atoms with van der Waals surface area (Å²) in [5.41, 5.74) is 2.61. The molecular weight excluding hydrogens is 619 g/mol. The van der Waals surface area contributed by atoms with E-state index in [4.69, 9.17) is 23.2 Å². The number of carbonyl (C=O) groups is 2. The summed E-state index contributed by atoms with van der Waals surface area (Å²) < 4.78 is 30.1. The summed E-state index contributed by atoms with van der Waals surface area (Å²) in [6.45, 7) is 2.96. The Morgan fingerprint density at radius 3 is 2.30 bits per heavy atom. The van der Waals surface area contributed by atoms with Gasteiger partial charge in [-0.05, 0) is 47.9 Å². The molecule has 0 atom stereocenters. The molecule has 2 amide bonds. The first-order valence-corrected chi connectivity index (χ1v) is 16.4. The van der Waals surface area contributed by atoms with Crippen LogP contribution in [0.3, 0.4) is 0 Å². The lowest BCUT2D eigenvalue weighted by Gasteiger charge is -2.23. The number of benzene rings is 4. The number of halogens is 2. The third-order valence-electron chi connectivity index (χ3n) is 7.19.